The van der Waals surface area contributed by atoms with Gasteiger partial charge in [0.2, 0.25) is 0 Å². The molecule has 24 heavy (non-hydrogen) atoms. The third-order valence-electron chi connectivity index (χ3n) is 4.56. The highest BCUT2D eigenvalue weighted by atomic mass is 28.4. The van der Waals surface area contributed by atoms with E-state index in [0.717, 1.165) is 19.0 Å². The molecule has 0 aliphatic carbocycles. The van der Waals surface area contributed by atoms with E-state index in [1.54, 1.807) is 0 Å². The standard InChI is InChI=1S/C17H39NO4Si2/c1-9-20-24(8,21-10-2)15-11-13-18-14-12-16(19)22-23(6,7)17(3,4)5/h18H,9-15H2,1-8H3. The molecule has 0 aromatic rings. The van der Waals surface area contributed by atoms with Crippen LogP contribution in [0.25, 0.3) is 0 Å². The van der Waals surface area contributed by atoms with E-state index in [1.165, 1.54) is 0 Å². The zero-order valence-corrected chi connectivity index (χ0v) is 19.1. The molecule has 0 aliphatic heterocycles. The average molecular weight is 378 g/mol. The Morgan fingerprint density at radius 2 is 1.54 bits per heavy atom. The molecule has 1 N–H and O–H groups in total. The first-order chi connectivity index (χ1) is 11.0. The number of hydrogen-bond donors (Lipinski definition) is 1. The molecule has 0 spiro atoms. The average Bonchev–Trinajstić information content (AvgIpc) is 2.41. The Bertz CT molecular complexity index is 364. The zero-order chi connectivity index (χ0) is 18.9. The summed E-state index contributed by atoms with van der Waals surface area (Å²) in [6.07, 6.45) is 1.43. The van der Waals surface area contributed by atoms with Crippen molar-refractivity contribution in [2.45, 2.75) is 78.2 Å². The van der Waals surface area contributed by atoms with Crippen molar-refractivity contribution in [3.8, 4) is 0 Å². The summed E-state index contributed by atoms with van der Waals surface area (Å²) in [4.78, 5) is 12.0. The Balaban J connectivity index is 3.96. The van der Waals surface area contributed by atoms with Crippen LogP contribution in [0, 0.1) is 0 Å². The lowest BCUT2D eigenvalue weighted by molar-refractivity contribution is -0.135. The molecule has 0 aliphatic rings. The fraction of sp³-hybridized carbons (Fsp3) is 0.941. The first-order valence-corrected chi connectivity index (χ1v) is 14.6. The van der Waals surface area contributed by atoms with Crippen LogP contribution in [0.3, 0.4) is 0 Å². The van der Waals surface area contributed by atoms with Crippen molar-refractivity contribution in [1.82, 2.24) is 5.32 Å². The SMILES string of the molecule is CCO[Si](C)(CCCNCCC(=O)O[Si](C)(C)C(C)(C)C)OCC. The second kappa shape index (κ2) is 10.7. The molecule has 144 valence electrons. The van der Waals surface area contributed by atoms with E-state index in [2.05, 4.69) is 45.7 Å². The van der Waals surface area contributed by atoms with Crippen molar-refractivity contribution in [3.05, 3.63) is 0 Å². The van der Waals surface area contributed by atoms with Gasteiger partial charge in [0.15, 0.2) is 0 Å². The summed E-state index contributed by atoms with van der Waals surface area (Å²) in [6.45, 7) is 19.7. The highest BCUT2D eigenvalue weighted by molar-refractivity contribution is 6.75. The zero-order valence-electron chi connectivity index (χ0n) is 17.1. The first-order valence-electron chi connectivity index (χ1n) is 9.18. The minimum Gasteiger partial charge on any atom is -0.519 e. The van der Waals surface area contributed by atoms with Crippen molar-refractivity contribution in [2.24, 2.45) is 0 Å². The molecule has 7 heteroatoms. The third kappa shape index (κ3) is 9.31. The summed E-state index contributed by atoms with van der Waals surface area (Å²) in [5, 5.41) is 3.38. The van der Waals surface area contributed by atoms with Crippen molar-refractivity contribution in [1.29, 1.82) is 0 Å². The summed E-state index contributed by atoms with van der Waals surface area (Å²) >= 11 is 0. The van der Waals surface area contributed by atoms with E-state index in [4.69, 9.17) is 13.3 Å². The smallest absolute Gasteiger partial charge is 0.334 e. The topological polar surface area (TPSA) is 56.8 Å². The maximum atomic E-state index is 12.0. The molecule has 0 saturated heterocycles. The molecule has 0 fully saturated rings. The van der Waals surface area contributed by atoms with Crippen LogP contribution in [0.5, 0.6) is 0 Å². The van der Waals surface area contributed by atoms with E-state index in [1.807, 2.05) is 13.8 Å². The number of carbonyl (C=O) groups is 1. The Labute approximate surface area is 151 Å². The molecule has 0 aromatic heterocycles. The highest BCUT2D eigenvalue weighted by Crippen LogP contribution is 2.36. The van der Waals surface area contributed by atoms with Gasteiger partial charge >= 0.3 is 8.56 Å². The van der Waals surface area contributed by atoms with E-state index in [9.17, 15) is 4.79 Å². The van der Waals surface area contributed by atoms with Crippen LogP contribution in [0.4, 0.5) is 0 Å². The summed E-state index contributed by atoms with van der Waals surface area (Å²) < 4.78 is 17.4. The molecule has 0 saturated carbocycles. The minimum absolute atomic E-state index is 0.0593. The van der Waals surface area contributed by atoms with Gasteiger partial charge in [-0.1, -0.05) is 20.8 Å². The lowest BCUT2D eigenvalue weighted by Gasteiger charge is -2.35. The van der Waals surface area contributed by atoms with Crippen LogP contribution < -0.4 is 5.32 Å². The molecule has 0 aromatic carbocycles. The van der Waals surface area contributed by atoms with Gasteiger partial charge < -0.3 is 18.6 Å². The molecule has 0 amide bonds. The van der Waals surface area contributed by atoms with E-state index >= 15 is 0 Å². The highest BCUT2D eigenvalue weighted by Gasteiger charge is 2.40. The minimum atomic E-state index is -2.01. The first kappa shape index (κ1) is 23.8. The third-order valence-corrected chi connectivity index (χ3v) is 12.0. The predicted molar refractivity (Wildman–Crippen MR) is 105 cm³/mol. The second-order valence-corrected chi connectivity index (χ2v) is 15.9. The fourth-order valence-corrected chi connectivity index (χ4v) is 5.53. The lowest BCUT2D eigenvalue weighted by Crippen LogP contribution is -2.43. The van der Waals surface area contributed by atoms with Crippen LogP contribution >= 0.6 is 0 Å². The van der Waals surface area contributed by atoms with Gasteiger partial charge in [-0.2, -0.15) is 0 Å². The number of carbonyl (C=O) groups excluding carboxylic acids is 1. The summed E-state index contributed by atoms with van der Waals surface area (Å²) in [7, 11) is -4.00. The maximum Gasteiger partial charge on any atom is 0.334 e. The molecule has 0 bridgehead atoms. The largest absolute Gasteiger partial charge is 0.519 e. The van der Waals surface area contributed by atoms with Crippen LogP contribution in [0.2, 0.25) is 30.7 Å². The molecule has 0 atom stereocenters. The molecular weight excluding hydrogens is 338 g/mol. The van der Waals surface area contributed by atoms with Crippen LogP contribution in [-0.2, 0) is 18.1 Å². The molecule has 0 radical (unpaired) electrons. The molecule has 0 rings (SSSR count). The molecule has 0 heterocycles. The van der Waals surface area contributed by atoms with E-state index in [0.29, 0.717) is 26.2 Å². The molecule has 5 nitrogen and oxygen atoms in total. The van der Waals surface area contributed by atoms with Crippen molar-refractivity contribution >= 4 is 22.8 Å². The number of nitrogens with one attached hydrogen (secondary N) is 1. The normalized spacial score (nSPS) is 13.2. The van der Waals surface area contributed by atoms with Gasteiger partial charge in [0, 0.05) is 19.8 Å². The summed E-state index contributed by atoms with van der Waals surface area (Å²) in [5.74, 6) is -0.0862. The van der Waals surface area contributed by atoms with Gasteiger partial charge in [-0.05, 0) is 57.5 Å². The second-order valence-electron chi connectivity index (χ2n) is 7.84. The van der Waals surface area contributed by atoms with Crippen LogP contribution in [0.15, 0.2) is 0 Å². The van der Waals surface area contributed by atoms with E-state index < -0.39 is 16.9 Å². The predicted octanol–water partition coefficient (Wildman–Crippen LogP) is 4.05. The monoisotopic (exact) mass is 377 g/mol. The maximum absolute atomic E-state index is 12.0. The van der Waals surface area contributed by atoms with Crippen LogP contribution in [0.1, 0.15) is 47.5 Å². The molecular formula is C17H39NO4Si2. The summed E-state index contributed by atoms with van der Waals surface area (Å²) in [5.41, 5.74) is 0. The summed E-state index contributed by atoms with van der Waals surface area (Å²) in [6, 6.07) is 0.968. The Kier molecular flexibility index (Phi) is 10.6. The van der Waals surface area contributed by atoms with Crippen LogP contribution in [-0.4, -0.2) is 49.2 Å². The van der Waals surface area contributed by atoms with Crippen molar-refractivity contribution in [2.75, 3.05) is 26.3 Å². The Morgan fingerprint density at radius 3 is 2.00 bits per heavy atom. The van der Waals surface area contributed by atoms with Gasteiger partial charge in [-0.25, -0.2) is 0 Å². The van der Waals surface area contributed by atoms with Gasteiger partial charge in [-0.3, -0.25) is 4.79 Å². The van der Waals surface area contributed by atoms with Gasteiger partial charge in [0.1, 0.15) is 0 Å². The van der Waals surface area contributed by atoms with E-state index in [-0.39, 0.29) is 11.0 Å². The lowest BCUT2D eigenvalue weighted by atomic mass is 10.2. The number of hydrogen-bond acceptors (Lipinski definition) is 5. The Hall–Kier alpha value is -0.216. The van der Waals surface area contributed by atoms with Gasteiger partial charge in [-0.15, -0.1) is 0 Å². The van der Waals surface area contributed by atoms with Gasteiger partial charge in [0.05, 0.1) is 6.42 Å². The van der Waals surface area contributed by atoms with Crippen molar-refractivity contribution < 1.29 is 18.1 Å². The quantitative estimate of drug-likeness (QED) is 0.411. The van der Waals surface area contributed by atoms with Crippen molar-refractivity contribution in [3.63, 3.8) is 0 Å². The number of rotatable bonds is 12. The fourth-order valence-electron chi connectivity index (χ4n) is 2.14. The molecule has 0 unspecified atom stereocenters. The van der Waals surface area contributed by atoms with Gasteiger partial charge in [0.25, 0.3) is 14.3 Å². The Morgan fingerprint density at radius 1 is 1.00 bits per heavy atom.